The van der Waals surface area contributed by atoms with Crippen molar-refractivity contribution in [2.45, 2.75) is 11.8 Å². The third kappa shape index (κ3) is 3.03. The summed E-state index contributed by atoms with van der Waals surface area (Å²) in [5.41, 5.74) is 0.376. The smallest absolute Gasteiger partial charge is 0.251 e. The molecule has 7 heteroatoms. The quantitative estimate of drug-likeness (QED) is 0.867. The Morgan fingerprint density at radius 3 is 2.56 bits per heavy atom. The Morgan fingerprint density at radius 2 is 2.12 bits per heavy atom. The maximum absolute atomic E-state index is 11.4. The van der Waals surface area contributed by atoms with Gasteiger partial charge in [-0.1, -0.05) is 0 Å². The lowest BCUT2D eigenvalue weighted by Crippen LogP contribution is -2.23. The summed E-state index contributed by atoms with van der Waals surface area (Å²) >= 11 is 3.06. The largest absolute Gasteiger partial charge is 0.352 e. The van der Waals surface area contributed by atoms with Crippen LogP contribution in [0.2, 0.25) is 0 Å². The van der Waals surface area contributed by atoms with E-state index in [1.54, 1.807) is 6.92 Å². The first-order valence-corrected chi connectivity index (χ1v) is 6.80. The summed E-state index contributed by atoms with van der Waals surface area (Å²) in [6.45, 7) is 2.30. The maximum Gasteiger partial charge on any atom is 0.251 e. The fourth-order valence-electron chi connectivity index (χ4n) is 1.14. The Kier molecular flexibility index (Phi) is 4.06. The van der Waals surface area contributed by atoms with Gasteiger partial charge in [-0.25, -0.2) is 13.6 Å². The fourth-order valence-corrected chi connectivity index (χ4v) is 2.78. The van der Waals surface area contributed by atoms with E-state index < -0.39 is 10.0 Å². The van der Waals surface area contributed by atoms with Crippen molar-refractivity contribution in [1.29, 1.82) is 0 Å². The lowest BCUT2D eigenvalue weighted by Gasteiger charge is -2.05. The molecule has 0 unspecified atom stereocenters. The van der Waals surface area contributed by atoms with Crippen LogP contribution in [0.3, 0.4) is 0 Å². The highest BCUT2D eigenvalue weighted by atomic mass is 79.9. The van der Waals surface area contributed by atoms with Gasteiger partial charge in [-0.05, 0) is 41.1 Å². The van der Waals surface area contributed by atoms with Gasteiger partial charge in [-0.15, -0.1) is 0 Å². The van der Waals surface area contributed by atoms with E-state index in [0.29, 0.717) is 12.1 Å². The molecule has 1 aromatic rings. The molecule has 5 nitrogen and oxygen atoms in total. The fraction of sp³-hybridized carbons (Fsp3) is 0.222. The molecule has 0 spiro atoms. The zero-order valence-corrected chi connectivity index (χ0v) is 10.9. The van der Waals surface area contributed by atoms with Gasteiger partial charge in [0.2, 0.25) is 10.0 Å². The maximum atomic E-state index is 11.4. The van der Waals surface area contributed by atoms with Gasteiger partial charge in [0.25, 0.3) is 5.91 Å². The minimum atomic E-state index is -3.77. The topological polar surface area (TPSA) is 89.3 Å². The highest BCUT2D eigenvalue weighted by Crippen LogP contribution is 2.22. The number of primary sulfonamides is 1. The second-order valence-electron chi connectivity index (χ2n) is 3.05. The molecule has 16 heavy (non-hydrogen) atoms. The molecular formula is C9H11BrN2O3S. The number of benzene rings is 1. The molecule has 0 aliphatic rings. The Bertz CT molecular complexity index is 513. The summed E-state index contributed by atoms with van der Waals surface area (Å²) in [7, 11) is -3.77. The van der Waals surface area contributed by atoms with E-state index in [-0.39, 0.29) is 15.3 Å². The molecule has 0 atom stereocenters. The van der Waals surface area contributed by atoms with E-state index in [1.165, 1.54) is 18.2 Å². The van der Waals surface area contributed by atoms with Crippen molar-refractivity contribution in [2.24, 2.45) is 5.14 Å². The van der Waals surface area contributed by atoms with E-state index in [2.05, 4.69) is 21.2 Å². The van der Waals surface area contributed by atoms with Crippen molar-refractivity contribution >= 4 is 31.9 Å². The molecule has 1 aromatic carbocycles. The van der Waals surface area contributed by atoms with Crippen molar-refractivity contribution in [2.75, 3.05) is 6.54 Å². The molecule has 0 bridgehead atoms. The third-order valence-corrected chi connectivity index (χ3v) is 3.73. The van der Waals surface area contributed by atoms with Crippen LogP contribution >= 0.6 is 15.9 Å². The van der Waals surface area contributed by atoms with E-state index in [9.17, 15) is 13.2 Å². The summed E-state index contributed by atoms with van der Waals surface area (Å²) in [5, 5.41) is 7.59. The standard InChI is InChI=1S/C9H11BrN2O3S/c1-2-12-9(13)6-3-4-8(7(10)5-6)16(11,14)15/h3-5H,2H2,1H3,(H,12,13)(H2,11,14,15). The summed E-state index contributed by atoms with van der Waals surface area (Å²) in [6.07, 6.45) is 0. The van der Waals surface area contributed by atoms with E-state index in [0.717, 1.165) is 0 Å². The molecule has 0 aliphatic carbocycles. The molecule has 0 aromatic heterocycles. The van der Waals surface area contributed by atoms with Crippen LogP contribution in [-0.2, 0) is 10.0 Å². The van der Waals surface area contributed by atoms with Gasteiger partial charge < -0.3 is 5.32 Å². The third-order valence-electron chi connectivity index (χ3n) is 1.84. The first-order chi connectivity index (χ1) is 7.36. The Balaban J connectivity index is 3.14. The number of halogens is 1. The van der Waals surface area contributed by atoms with Crippen LogP contribution in [0.4, 0.5) is 0 Å². The van der Waals surface area contributed by atoms with Crippen LogP contribution in [0.25, 0.3) is 0 Å². The molecule has 1 rings (SSSR count). The predicted molar refractivity (Wildman–Crippen MR) is 63.5 cm³/mol. The number of hydrogen-bond acceptors (Lipinski definition) is 3. The minimum absolute atomic E-state index is 0.0412. The normalized spacial score (nSPS) is 11.2. The number of rotatable bonds is 3. The van der Waals surface area contributed by atoms with Crippen LogP contribution in [0.1, 0.15) is 17.3 Å². The Morgan fingerprint density at radius 1 is 1.50 bits per heavy atom. The van der Waals surface area contributed by atoms with Gasteiger partial charge in [0.1, 0.15) is 0 Å². The van der Waals surface area contributed by atoms with Crippen molar-refractivity contribution in [3.8, 4) is 0 Å². The van der Waals surface area contributed by atoms with Crippen molar-refractivity contribution in [1.82, 2.24) is 5.32 Å². The van der Waals surface area contributed by atoms with Crippen LogP contribution in [-0.4, -0.2) is 20.9 Å². The summed E-state index contributed by atoms with van der Waals surface area (Å²) in [6, 6.07) is 4.13. The van der Waals surface area contributed by atoms with Gasteiger partial charge in [0.05, 0.1) is 4.90 Å². The molecule has 0 fully saturated rings. The second kappa shape index (κ2) is 4.94. The average Bonchev–Trinajstić information content (AvgIpc) is 2.16. The minimum Gasteiger partial charge on any atom is -0.352 e. The van der Waals surface area contributed by atoms with Crippen LogP contribution in [0.15, 0.2) is 27.6 Å². The van der Waals surface area contributed by atoms with Gasteiger partial charge in [0.15, 0.2) is 0 Å². The molecule has 0 aliphatic heterocycles. The zero-order valence-electron chi connectivity index (χ0n) is 8.53. The highest BCUT2D eigenvalue weighted by molar-refractivity contribution is 9.10. The number of amides is 1. The number of nitrogens with two attached hydrogens (primary N) is 1. The molecular weight excluding hydrogens is 296 g/mol. The van der Waals surface area contributed by atoms with Gasteiger partial charge in [-0.3, -0.25) is 4.79 Å². The highest BCUT2D eigenvalue weighted by Gasteiger charge is 2.14. The van der Waals surface area contributed by atoms with Gasteiger partial charge in [-0.2, -0.15) is 0 Å². The lowest BCUT2D eigenvalue weighted by atomic mass is 10.2. The monoisotopic (exact) mass is 306 g/mol. The second-order valence-corrected chi connectivity index (χ2v) is 5.43. The van der Waals surface area contributed by atoms with E-state index in [1.807, 2.05) is 0 Å². The molecule has 88 valence electrons. The first-order valence-electron chi connectivity index (χ1n) is 4.46. The first kappa shape index (κ1) is 13.1. The average molecular weight is 307 g/mol. The molecule has 3 N–H and O–H groups in total. The zero-order chi connectivity index (χ0) is 12.3. The molecule has 0 radical (unpaired) electrons. The van der Waals surface area contributed by atoms with Crippen molar-refractivity contribution < 1.29 is 13.2 Å². The number of nitrogens with one attached hydrogen (secondary N) is 1. The van der Waals surface area contributed by atoms with Gasteiger partial charge >= 0.3 is 0 Å². The number of sulfonamides is 1. The Hall–Kier alpha value is -0.920. The van der Waals surface area contributed by atoms with E-state index >= 15 is 0 Å². The summed E-state index contributed by atoms with van der Waals surface area (Å²) in [5.74, 6) is -0.260. The summed E-state index contributed by atoms with van der Waals surface area (Å²) < 4.78 is 22.5. The van der Waals surface area contributed by atoms with Crippen molar-refractivity contribution in [3.05, 3.63) is 28.2 Å². The SMILES string of the molecule is CCNC(=O)c1ccc(S(N)(=O)=O)c(Br)c1. The number of hydrogen-bond donors (Lipinski definition) is 2. The van der Waals surface area contributed by atoms with Gasteiger partial charge in [0, 0.05) is 16.6 Å². The summed E-state index contributed by atoms with van der Waals surface area (Å²) in [4.78, 5) is 11.4. The predicted octanol–water partition coefficient (Wildman–Crippen LogP) is 0.846. The van der Waals surface area contributed by atoms with E-state index in [4.69, 9.17) is 5.14 Å². The number of carbonyl (C=O) groups excluding carboxylic acids is 1. The number of carbonyl (C=O) groups is 1. The van der Waals surface area contributed by atoms with Crippen LogP contribution in [0, 0.1) is 0 Å². The molecule has 0 saturated carbocycles. The molecule has 0 heterocycles. The lowest BCUT2D eigenvalue weighted by molar-refractivity contribution is 0.0955. The Labute approximate surface area is 102 Å². The molecule has 1 amide bonds. The molecule has 0 saturated heterocycles. The van der Waals surface area contributed by atoms with Crippen molar-refractivity contribution in [3.63, 3.8) is 0 Å². The van der Waals surface area contributed by atoms with Crippen LogP contribution in [0.5, 0.6) is 0 Å². The van der Waals surface area contributed by atoms with Crippen LogP contribution < -0.4 is 10.5 Å².